The van der Waals surface area contributed by atoms with Crippen LogP contribution in [0.1, 0.15) is 35.4 Å². The molecular weight excluding hydrogens is 250 g/mol. The molecule has 1 unspecified atom stereocenters. The highest BCUT2D eigenvalue weighted by Gasteiger charge is 2.08. The van der Waals surface area contributed by atoms with Crippen molar-refractivity contribution in [1.29, 1.82) is 0 Å². The van der Waals surface area contributed by atoms with Crippen molar-refractivity contribution < 1.29 is 9.15 Å². The van der Waals surface area contributed by atoms with E-state index in [0.717, 1.165) is 18.1 Å². The van der Waals surface area contributed by atoms with E-state index in [1.807, 2.05) is 12.1 Å². The molecule has 1 atom stereocenters. The average Bonchev–Trinajstić information content (AvgIpc) is 2.90. The molecule has 0 amide bonds. The zero-order valence-electron chi connectivity index (χ0n) is 12.7. The first kappa shape index (κ1) is 14.7. The Morgan fingerprint density at radius 3 is 2.50 bits per heavy atom. The van der Waals surface area contributed by atoms with Gasteiger partial charge in [0.05, 0.1) is 12.3 Å². The Kier molecular flexibility index (Phi) is 4.85. The van der Waals surface area contributed by atoms with Gasteiger partial charge in [0.25, 0.3) is 0 Å². The van der Waals surface area contributed by atoms with Crippen molar-refractivity contribution in [1.82, 2.24) is 5.32 Å². The van der Waals surface area contributed by atoms with Crippen LogP contribution in [-0.2, 0) is 0 Å². The molecule has 3 heteroatoms. The average molecular weight is 273 g/mol. The van der Waals surface area contributed by atoms with E-state index < -0.39 is 0 Å². The number of rotatable bonds is 6. The standard InChI is InChI=1S/C17H23NO2/c1-12-10-13(2)17(14(3)11-12)20-9-7-18-15(4)16-6-5-8-19-16/h5-6,8,10-11,15,18H,7,9H2,1-4H3. The minimum atomic E-state index is 0.203. The van der Waals surface area contributed by atoms with Crippen molar-refractivity contribution >= 4 is 0 Å². The molecular formula is C17H23NO2. The number of ether oxygens (including phenoxy) is 1. The van der Waals surface area contributed by atoms with Crippen LogP contribution in [0.15, 0.2) is 34.9 Å². The molecule has 1 aromatic heterocycles. The molecule has 0 saturated carbocycles. The minimum Gasteiger partial charge on any atom is -0.492 e. The van der Waals surface area contributed by atoms with Crippen LogP contribution in [0.3, 0.4) is 0 Å². The Morgan fingerprint density at radius 2 is 1.90 bits per heavy atom. The van der Waals surface area contributed by atoms with Crippen LogP contribution in [0.5, 0.6) is 5.75 Å². The van der Waals surface area contributed by atoms with Crippen LogP contribution in [0.25, 0.3) is 0 Å². The summed E-state index contributed by atoms with van der Waals surface area (Å²) in [5.41, 5.74) is 3.67. The van der Waals surface area contributed by atoms with E-state index in [1.54, 1.807) is 6.26 Å². The van der Waals surface area contributed by atoms with Crippen molar-refractivity contribution in [3.05, 3.63) is 53.0 Å². The van der Waals surface area contributed by atoms with Crippen LogP contribution in [0.2, 0.25) is 0 Å². The van der Waals surface area contributed by atoms with Gasteiger partial charge in [-0.25, -0.2) is 0 Å². The summed E-state index contributed by atoms with van der Waals surface area (Å²) < 4.78 is 11.3. The Hall–Kier alpha value is -1.74. The molecule has 0 aliphatic heterocycles. The summed E-state index contributed by atoms with van der Waals surface area (Å²) in [5, 5.41) is 3.39. The van der Waals surface area contributed by atoms with Crippen molar-refractivity contribution in [3.8, 4) is 5.75 Å². The van der Waals surface area contributed by atoms with Gasteiger partial charge in [0.15, 0.2) is 0 Å². The lowest BCUT2D eigenvalue weighted by Crippen LogP contribution is -2.24. The number of nitrogens with one attached hydrogen (secondary N) is 1. The zero-order valence-corrected chi connectivity index (χ0v) is 12.7. The number of aryl methyl sites for hydroxylation is 3. The lowest BCUT2D eigenvalue weighted by atomic mass is 10.1. The first-order chi connectivity index (χ1) is 9.58. The van der Waals surface area contributed by atoms with Gasteiger partial charge < -0.3 is 14.5 Å². The molecule has 0 aliphatic rings. The van der Waals surface area contributed by atoms with Crippen LogP contribution < -0.4 is 10.1 Å². The Balaban J connectivity index is 1.82. The summed E-state index contributed by atoms with van der Waals surface area (Å²) >= 11 is 0. The van der Waals surface area contributed by atoms with E-state index in [-0.39, 0.29) is 6.04 Å². The predicted molar refractivity (Wildman–Crippen MR) is 81.3 cm³/mol. The highest BCUT2D eigenvalue weighted by molar-refractivity contribution is 5.42. The van der Waals surface area contributed by atoms with E-state index in [2.05, 4.69) is 45.1 Å². The number of hydrogen-bond donors (Lipinski definition) is 1. The second-order valence-electron chi connectivity index (χ2n) is 5.27. The topological polar surface area (TPSA) is 34.4 Å². The van der Waals surface area contributed by atoms with Crippen molar-refractivity contribution in [2.45, 2.75) is 33.7 Å². The van der Waals surface area contributed by atoms with Crippen LogP contribution in [0.4, 0.5) is 0 Å². The van der Waals surface area contributed by atoms with E-state index in [9.17, 15) is 0 Å². The molecule has 0 bridgehead atoms. The number of benzene rings is 1. The summed E-state index contributed by atoms with van der Waals surface area (Å²) in [6.07, 6.45) is 1.70. The summed E-state index contributed by atoms with van der Waals surface area (Å²) in [5.74, 6) is 1.95. The number of furan rings is 1. The first-order valence-electron chi connectivity index (χ1n) is 7.05. The van der Waals surface area contributed by atoms with Crippen LogP contribution in [0, 0.1) is 20.8 Å². The predicted octanol–water partition coefficient (Wildman–Crippen LogP) is 3.93. The van der Waals surface area contributed by atoms with Gasteiger partial charge in [-0.05, 0) is 51.0 Å². The van der Waals surface area contributed by atoms with E-state index in [1.165, 1.54) is 16.7 Å². The molecule has 1 aromatic carbocycles. The molecule has 0 spiro atoms. The lowest BCUT2D eigenvalue weighted by Gasteiger charge is -2.15. The van der Waals surface area contributed by atoms with E-state index in [0.29, 0.717) is 6.61 Å². The fourth-order valence-electron chi connectivity index (χ4n) is 2.46. The molecule has 0 radical (unpaired) electrons. The maximum Gasteiger partial charge on any atom is 0.125 e. The van der Waals surface area contributed by atoms with Gasteiger partial charge in [-0.2, -0.15) is 0 Å². The Morgan fingerprint density at radius 1 is 1.20 bits per heavy atom. The monoisotopic (exact) mass is 273 g/mol. The summed E-state index contributed by atoms with van der Waals surface area (Å²) in [4.78, 5) is 0. The summed E-state index contributed by atoms with van der Waals surface area (Å²) in [6, 6.07) is 8.40. The van der Waals surface area contributed by atoms with Gasteiger partial charge in [-0.1, -0.05) is 17.7 Å². The third-order valence-electron chi connectivity index (χ3n) is 3.37. The Labute approximate surface area is 121 Å². The highest BCUT2D eigenvalue weighted by atomic mass is 16.5. The molecule has 0 fully saturated rings. The molecule has 3 nitrogen and oxygen atoms in total. The third kappa shape index (κ3) is 3.64. The van der Waals surface area contributed by atoms with Gasteiger partial charge in [0.2, 0.25) is 0 Å². The van der Waals surface area contributed by atoms with E-state index in [4.69, 9.17) is 9.15 Å². The Bertz CT molecular complexity index is 523. The van der Waals surface area contributed by atoms with Crippen LogP contribution in [-0.4, -0.2) is 13.2 Å². The van der Waals surface area contributed by atoms with Gasteiger partial charge >= 0.3 is 0 Å². The fourth-order valence-corrected chi connectivity index (χ4v) is 2.46. The quantitative estimate of drug-likeness (QED) is 0.810. The van der Waals surface area contributed by atoms with Gasteiger partial charge in [-0.3, -0.25) is 0 Å². The maximum atomic E-state index is 5.90. The normalized spacial score (nSPS) is 12.4. The molecule has 108 valence electrons. The molecule has 0 aliphatic carbocycles. The lowest BCUT2D eigenvalue weighted by molar-refractivity contribution is 0.298. The first-order valence-corrected chi connectivity index (χ1v) is 7.05. The van der Waals surface area contributed by atoms with Gasteiger partial charge in [0, 0.05) is 6.54 Å². The highest BCUT2D eigenvalue weighted by Crippen LogP contribution is 2.24. The van der Waals surface area contributed by atoms with Crippen molar-refractivity contribution in [3.63, 3.8) is 0 Å². The smallest absolute Gasteiger partial charge is 0.125 e. The molecule has 2 aromatic rings. The second kappa shape index (κ2) is 6.62. The van der Waals surface area contributed by atoms with Crippen LogP contribution >= 0.6 is 0 Å². The SMILES string of the molecule is Cc1cc(C)c(OCCNC(C)c2ccco2)c(C)c1. The molecule has 1 N–H and O–H groups in total. The van der Waals surface area contributed by atoms with Gasteiger partial charge in [0.1, 0.15) is 18.1 Å². The fraction of sp³-hybridized carbons (Fsp3) is 0.412. The molecule has 20 heavy (non-hydrogen) atoms. The van der Waals surface area contributed by atoms with E-state index >= 15 is 0 Å². The maximum absolute atomic E-state index is 5.90. The van der Waals surface area contributed by atoms with Crippen molar-refractivity contribution in [2.75, 3.05) is 13.2 Å². The number of hydrogen-bond acceptors (Lipinski definition) is 3. The summed E-state index contributed by atoms with van der Waals surface area (Å²) in [6.45, 7) is 9.81. The molecule has 1 heterocycles. The molecule has 2 rings (SSSR count). The minimum absolute atomic E-state index is 0.203. The third-order valence-corrected chi connectivity index (χ3v) is 3.37. The summed E-state index contributed by atoms with van der Waals surface area (Å²) in [7, 11) is 0. The van der Waals surface area contributed by atoms with Gasteiger partial charge in [-0.15, -0.1) is 0 Å². The zero-order chi connectivity index (χ0) is 14.5. The van der Waals surface area contributed by atoms with Crippen molar-refractivity contribution in [2.24, 2.45) is 0 Å². The second-order valence-corrected chi connectivity index (χ2v) is 5.27. The molecule has 0 saturated heterocycles. The largest absolute Gasteiger partial charge is 0.492 e.